The molecule has 5 heteroatoms. The average Bonchev–Trinajstić information content (AvgIpc) is 2.80. The second-order valence-electron chi connectivity index (χ2n) is 3.57. The molecular weight excluding hydrogens is 212 g/mol. The first-order valence-electron chi connectivity index (χ1n) is 4.80. The minimum atomic E-state index is -0.285. The van der Waals surface area contributed by atoms with Gasteiger partial charge in [0.25, 0.3) is 11.8 Å². The van der Waals surface area contributed by atoms with Crippen molar-refractivity contribution in [1.82, 2.24) is 4.98 Å². The largest absolute Gasteiger partial charge is 0.269 e. The first kappa shape index (κ1) is 8.79. The topological polar surface area (TPSA) is 50.3 Å². The van der Waals surface area contributed by atoms with Crippen LogP contribution in [-0.4, -0.2) is 16.8 Å². The molecule has 0 aromatic carbocycles. The van der Waals surface area contributed by atoms with Crippen molar-refractivity contribution in [2.75, 3.05) is 4.90 Å². The summed E-state index contributed by atoms with van der Waals surface area (Å²) < 4.78 is 0. The molecule has 1 aromatic rings. The second-order valence-corrected chi connectivity index (χ2v) is 4.63. The zero-order valence-electron chi connectivity index (χ0n) is 7.90. The molecule has 0 bridgehead atoms. The van der Waals surface area contributed by atoms with Crippen LogP contribution in [0.1, 0.15) is 17.0 Å². The van der Waals surface area contributed by atoms with Crippen LogP contribution in [0.2, 0.25) is 0 Å². The van der Waals surface area contributed by atoms with E-state index >= 15 is 0 Å². The fourth-order valence-electron chi connectivity index (χ4n) is 1.86. The van der Waals surface area contributed by atoms with Crippen molar-refractivity contribution < 1.29 is 9.59 Å². The van der Waals surface area contributed by atoms with Crippen LogP contribution in [0.15, 0.2) is 12.2 Å². The molecule has 0 fully saturated rings. The SMILES string of the molecule is O=C1C=CC(=O)N1c1nc2c(s1)CCC2. The molecule has 1 aliphatic heterocycles. The summed E-state index contributed by atoms with van der Waals surface area (Å²) in [7, 11) is 0. The van der Waals surface area contributed by atoms with Crippen molar-refractivity contribution in [3.8, 4) is 0 Å². The molecular formula is C10H8N2O2S. The first-order chi connectivity index (χ1) is 7.25. The number of thiazole rings is 1. The molecule has 0 saturated carbocycles. The molecule has 2 aliphatic rings. The molecule has 2 heterocycles. The molecule has 0 radical (unpaired) electrons. The zero-order chi connectivity index (χ0) is 10.4. The van der Waals surface area contributed by atoms with Gasteiger partial charge in [-0.05, 0) is 19.3 Å². The van der Waals surface area contributed by atoms with Crippen LogP contribution in [-0.2, 0) is 22.4 Å². The predicted molar refractivity (Wildman–Crippen MR) is 55.8 cm³/mol. The smallest absolute Gasteiger partial charge is 0.260 e. The van der Waals surface area contributed by atoms with E-state index in [1.54, 1.807) is 0 Å². The Morgan fingerprint density at radius 1 is 1.20 bits per heavy atom. The van der Waals surface area contributed by atoms with Crippen LogP contribution in [0, 0.1) is 0 Å². The first-order valence-corrected chi connectivity index (χ1v) is 5.62. The Morgan fingerprint density at radius 2 is 1.93 bits per heavy atom. The number of nitrogens with zero attached hydrogens (tertiary/aromatic N) is 2. The predicted octanol–water partition coefficient (Wildman–Crippen LogP) is 1.06. The lowest BCUT2D eigenvalue weighted by molar-refractivity contribution is -0.119. The van der Waals surface area contributed by atoms with Crippen LogP contribution in [0.4, 0.5) is 5.13 Å². The van der Waals surface area contributed by atoms with E-state index in [1.165, 1.54) is 28.4 Å². The second kappa shape index (κ2) is 3.00. The van der Waals surface area contributed by atoms with Gasteiger partial charge < -0.3 is 0 Å². The van der Waals surface area contributed by atoms with Gasteiger partial charge in [0.1, 0.15) is 0 Å². The number of rotatable bonds is 1. The quantitative estimate of drug-likeness (QED) is 0.665. The Bertz CT molecular complexity index is 450. The third-order valence-corrected chi connectivity index (χ3v) is 3.73. The lowest BCUT2D eigenvalue weighted by atomic mass is 10.4. The summed E-state index contributed by atoms with van der Waals surface area (Å²) in [6.07, 6.45) is 5.70. The fraction of sp³-hybridized carbons (Fsp3) is 0.300. The number of carbonyl (C=O) groups excluding carboxylic acids is 2. The highest BCUT2D eigenvalue weighted by Gasteiger charge is 2.29. The Kier molecular flexibility index (Phi) is 1.76. The Balaban J connectivity index is 2.00. The summed E-state index contributed by atoms with van der Waals surface area (Å²) >= 11 is 1.46. The van der Waals surface area contributed by atoms with Gasteiger partial charge in [-0.25, -0.2) is 9.88 Å². The minimum absolute atomic E-state index is 0.285. The molecule has 1 aromatic heterocycles. The van der Waals surface area contributed by atoms with E-state index in [-0.39, 0.29) is 11.8 Å². The Morgan fingerprint density at radius 3 is 2.60 bits per heavy atom. The summed E-state index contributed by atoms with van der Waals surface area (Å²) in [5.41, 5.74) is 1.06. The number of carbonyl (C=O) groups is 2. The van der Waals surface area contributed by atoms with Gasteiger partial charge in [-0.3, -0.25) is 9.59 Å². The zero-order valence-corrected chi connectivity index (χ0v) is 8.71. The summed E-state index contributed by atoms with van der Waals surface area (Å²) in [5, 5.41) is 0.528. The lowest BCUT2D eigenvalue weighted by Gasteiger charge is -2.08. The van der Waals surface area contributed by atoms with Gasteiger partial charge >= 0.3 is 0 Å². The van der Waals surface area contributed by atoms with E-state index in [1.807, 2.05) is 0 Å². The molecule has 0 N–H and O–H groups in total. The molecule has 0 unspecified atom stereocenters. The van der Waals surface area contributed by atoms with Crippen molar-refractivity contribution in [2.45, 2.75) is 19.3 Å². The maximum atomic E-state index is 11.4. The van der Waals surface area contributed by atoms with Gasteiger partial charge in [0, 0.05) is 17.0 Å². The van der Waals surface area contributed by atoms with E-state index in [0.717, 1.165) is 29.9 Å². The highest BCUT2D eigenvalue weighted by atomic mass is 32.1. The van der Waals surface area contributed by atoms with Gasteiger partial charge in [0.15, 0.2) is 5.13 Å². The summed E-state index contributed by atoms with van der Waals surface area (Å²) in [4.78, 5) is 29.5. The minimum Gasteiger partial charge on any atom is -0.269 e. The Labute approximate surface area is 90.2 Å². The van der Waals surface area contributed by atoms with Crippen LogP contribution in [0.25, 0.3) is 0 Å². The highest BCUT2D eigenvalue weighted by Crippen LogP contribution is 2.33. The molecule has 0 atom stereocenters. The van der Waals surface area contributed by atoms with Crippen molar-refractivity contribution in [2.24, 2.45) is 0 Å². The van der Waals surface area contributed by atoms with E-state index in [4.69, 9.17) is 0 Å². The monoisotopic (exact) mass is 220 g/mol. The molecule has 2 amide bonds. The molecule has 0 spiro atoms. The van der Waals surface area contributed by atoms with Gasteiger partial charge in [0.2, 0.25) is 0 Å². The molecule has 0 saturated heterocycles. The Hall–Kier alpha value is -1.49. The van der Waals surface area contributed by atoms with Crippen LogP contribution in [0.5, 0.6) is 0 Å². The van der Waals surface area contributed by atoms with E-state index in [2.05, 4.69) is 4.98 Å². The third kappa shape index (κ3) is 1.23. The summed E-state index contributed by atoms with van der Waals surface area (Å²) in [6, 6.07) is 0. The normalized spacial score (nSPS) is 19.1. The van der Waals surface area contributed by atoms with Crippen molar-refractivity contribution in [1.29, 1.82) is 0 Å². The lowest BCUT2D eigenvalue weighted by Crippen LogP contribution is -2.29. The van der Waals surface area contributed by atoms with Crippen molar-refractivity contribution in [3.63, 3.8) is 0 Å². The molecule has 15 heavy (non-hydrogen) atoms. The number of hydrogen-bond acceptors (Lipinski definition) is 4. The molecule has 3 rings (SSSR count). The molecule has 76 valence electrons. The number of aromatic nitrogens is 1. The van der Waals surface area contributed by atoms with Gasteiger partial charge in [-0.1, -0.05) is 0 Å². The van der Waals surface area contributed by atoms with Gasteiger partial charge in [-0.15, -0.1) is 11.3 Å². The van der Waals surface area contributed by atoms with Crippen molar-refractivity contribution in [3.05, 3.63) is 22.7 Å². The molecule has 4 nitrogen and oxygen atoms in total. The number of aryl methyl sites for hydroxylation is 2. The number of imide groups is 1. The van der Waals surface area contributed by atoms with E-state index in [9.17, 15) is 9.59 Å². The maximum Gasteiger partial charge on any atom is 0.260 e. The fourth-order valence-corrected chi connectivity index (χ4v) is 3.02. The van der Waals surface area contributed by atoms with Crippen LogP contribution in [0.3, 0.4) is 0 Å². The highest BCUT2D eigenvalue weighted by molar-refractivity contribution is 7.16. The molecule has 1 aliphatic carbocycles. The van der Waals surface area contributed by atoms with Gasteiger partial charge in [0.05, 0.1) is 5.69 Å². The van der Waals surface area contributed by atoms with E-state index < -0.39 is 0 Å². The third-order valence-electron chi connectivity index (χ3n) is 2.58. The summed E-state index contributed by atoms with van der Waals surface area (Å²) in [6.45, 7) is 0. The number of anilines is 1. The van der Waals surface area contributed by atoms with Crippen LogP contribution >= 0.6 is 11.3 Å². The van der Waals surface area contributed by atoms with Crippen molar-refractivity contribution >= 4 is 28.3 Å². The number of amides is 2. The van der Waals surface area contributed by atoms with E-state index in [0.29, 0.717) is 5.13 Å². The summed E-state index contributed by atoms with van der Waals surface area (Å²) in [5.74, 6) is -0.570. The standard InChI is InChI=1S/C10H8N2O2S/c13-8-4-5-9(14)12(8)10-11-6-2-1-3-7(6)15-10/h4-5H,1-3H2. The number of fused-ring (bicyclic) bond motifs is 1. The van der Waals surface area contributed by atoms with Gasteiger partial charge in [-0.2, -0.15) is 0 Å². The average molecular weight is 220 g/mol. The number of hydrogen-bond donors (Lipinski definition) is 0. The maximum absolute atomic E-state index is 11.4. The van der Waals surface area contributed by atoms with Crippen LogP contribution < -0.4 is 4.90 Å².